The van der Waals surface area contributed by atoms with E-state index in [1.54, 1.807) is 5.38 Å². The molecule has 0 saturated carbocycles. The molecule has 5 nitrogen and oxygen atoms in total. The normalized spacial score (nSPS) is 10.5. The molecular weight excluding hydrogens is 348 g/mol. The van der Waals surface area contributed by atoms with Gasteiger partial charge in [-0.2, -0.15) is 0 Å². The summed E-state index contributed by atoms with van der Waals surface area (Å²) in [6, 6.07) is 7.30. The first-order valence-electron chi connectivity index (χ1n) is 7.18. The number of hydrogen-bond donors (Lipinski definition) is 2. The van der Waals surface area contributed by atoms with Gasteiger partial charge in [-0.25, -0.2) is 13.8 Å². The molecule has 0 radical (unpaired) electrons. The molecule has 0 bridgehead atoms. The molecule has 0 aliphatic carbocycles. The maximum Gasteiger partial charge on any atom is 0.259 e. The molecular formula is C17H13F2N3O2S. The van der Waals surface area contributed by atoms with Gasteiger partial charge in [-0.15, -0.1) is 11.3 Å². The maximum atomic E-state index is 13.7. The van der Waals surface area contributed by atoms with Crippen LogP contribution in [0.15, 0.2) is 41.8 Å². The zero-order valence-electron chi connectivity index (χ0n) is 13.0. The van der Waals surface area contributed by atoms with Crippen LogP contribution >= 0.6 is 11.3 Å². The summed E-state index contributed by atoms with van der Waals surface area (Å²) in [6.45, 7) is 1.81. The minimum atomic E-state index is -0.846. The van der Waals surface area contributed by atoms with Gasteiger partial charge in [0.1, 0.15) is 11.6 Å². The molecule has 1 amide bonds. The molecule has 128 valence electrons. The number of benzene rings is 2. The van der Waals surface area contributed by atoms with Crippen LogP contribution < -0.4 is 15.8 Å². The molecule has 0 saturated heterocycles. The molecule has 2 aromatic carbocycles. The Morgan fingerprint density at radius 2 is 2.04 bits per heavy atom. The van der Waals surface area contributed by atoms with Gasteiger partial charge in [0.2, 0.25) is 0 Å². The Balaban J connectivity index is 1.83. The second-order valence-corrected chi connectivity index (χ2v) is 6.03. The third-order valence-electron chi connectivity index (χ3n) is 3.23. The summed E-state index contributed by atoms with van der Waals surface area (Å²) in [6.07, 6.45) is 0. The second-order valence-electron chi connectivity index (χ2n) is 5.17. The van der Waals surface area contributed by atoms with E-state index in [9.17, 15) is 13.6 Å². The van der Waals surface area contributed by atoms with E-state index in [0.29, 0.717) is 11.2 Å². The van der Waals surface area contributed by atoms with Crippen LogP contribution in [-0.2, 0) is 0 Å². The number of hydrogen-bond acceptors (Lipinski definition) is 5. The van der Waals surface area contributed by atoms with Gasteiger partial charge in [0.25, 0.3) is 5.91 Å². The fraction of sp³-hybridized carbons (Fsp3) is 0.0588. The number of nitrogen functional groups attached to an aromatic ring is 1. The SMILES string of the molecule is Cc1csc(NC(=O)c2cc(Oc3ccc(F)cc3F)ccc2N)n1. The molecule has 0 aliphatic rings. The Morgan fingerprint density at radius 3 is 2.72 bits per heavy atom. The summed E-state index contributed by atoms with van der Waals surface area (Å²) in [7, 11) is 0. The number of nitrogens with one attached hydrogen (secondary N) is 1. The van der Waals surface area contributed by atoms with Gasteiger partial charge in [-0.3, -0.25) is 10.1 Å². The Labute approximate surface area is 146 Å². The molecule has 0 aliphatic heterocycles. The molecule has 0 unspecified atom stereocenters. The van der Waals surface area contributed by atoms with Crippen molar-refractivity contribution in [3.63, 3.8) is 0 Å². The maximum absolute atomic E-state index is 13.7. The summed E-state index contributed by atoms with van der Waals surface area (Å²) in [4.78, 5) is 16.5. The molecule has 1 heterocycles. The van der Waals surface area contributed by atoms with Crippen molar-refractivity contribution in [1.82, 2.24) is 4.98 Å². The van der Waals surface area contributed by atoms with Crippen LogP contribution in [-0.4, -0.2) is 10.9 Å². The highest BCUT2D eigenvalue weighted by molar-refractivity contribution is 7.13. The van der Waals surface area contributed by atoms with Crippen LogP contribution in [0.25, 0.3) is 0 Å². The lowest BCUT2D eigenvalue weighted by atomic mass is 10.1. The molecule has 1 aromatic heterocycles. The Morgan fingerprint density at radius 1 is 1.24 bits per heavy atom. The van der Waals surface area contributed by atoms with E-state index in [-0.39, 0.29) is 22.7 Å². The monoisotopic (exact) mass is 361 g/mol. The highest BCUT2D eigenvalue weighted by atomic mass is 32.1. The number of ether oxygens (including phenoxy) is 1. The largest absolute Gasteiger partial charge is 0.454 e. The van der Waals surface area contributed by atoms with Crippen LogP contribution in [0.2, 0.25) is 0 Å². The number of rotatable bonds is 4. The van der Waals surface area contributed by atoms with E-state index in [2.05, 4.69) is 10.3 Å². The third-order valence-corrected chi connectivity index (χ3v) is 4.11. The third kappa shape index (κ3) is 3.92. The summed E-state index contributed by atoms with van der Waals surface area (Å²) in [5, 5.41) is 4.88. The average molecular weight is 361 g/mol. The lowest BCUT2D eigenvalue weighted by Crippen LogP contribution is -2.14. The van der Waals surface area contributed by atoms with Gasteiger partial charge in [-0.1, -0.05) is 0 Å². The smallest absolute Gasteiger partial charge is 0.259 e. The van der Waals surface area contributed by atoms with Gasteiger partial charge in [0.05, 0.1) is 11.3 Å². The number of aryl methyl sites for hydroxylation is 1. The van der Waals surface area contributed by atoms with Crippen molar-refractivity contribution in [2.75, 3.05) is 11.1 Å². The van der Waals surface area contributed by atoms with E-state index in [4.69, 9.17) is 10.5 Å². The van der Waals surface area contributed by atoms with Gasteiger partial charge in [0, 0.05) is 17.1 Å². The average Bonchev–Trinajstić information content (AvgIpc) is 2.96. The number of carbonyl (C=O) groups is 1. The van der Waals surface area contributed by atoms with Crippen molar-refractivity contribution in [2.24, 2.45) is 0 Å². The molecule has 3 aromatic rings. The number of anilines is 2. The molecule has 0 spiro atoms. The molecule has 3 rings (SSSR count). The van der Waals surface area contributed by atoms with Crippen molar-refractivity contribution in [3.05, 3.63) is 64.7 Å². The van der Waals surface area contributed by atoms with Gasteiger partial charge >= 0.3 is 0 Å². The van der Waals surface area contributed by atoms with E-state index >= 15 is 0 Å². The van der Waals surface area contributed by atoms with Crippen molar-refractivity contribution in [1.29, 1.82) is 0 Å². The minimum absolute atomic E-state index is 0.159. The topological polar surface area (TPSA) is 77.2 Å². The standard InChI is InChI=1S/C17H13F2N3O2S/c1-9-8-25-17(21-9)22-16(23)12-7-11(3-4-14(12)20)24-15-5-2-10(18)6-13(15)19/h2-8H,20H2,1H3,(H,21,22,23). The fourth-order valence-electron chi connectivity index (χ4n) is 2.06. The van der Waals surface area contributed by atoms with Crippen LogP contribution in [0.1, 0.15) is 16.1 Å². The summed E-state index contributed by atoms with van der Waals surface area (Å²) < 4.78 is 32.0. The summed E-state index contributed by atoms with van der Waals surface area (Å²) in [5.41, 5.74) is 7.02. The molecule has 0 atom stereocenters. The van der Waals surface area contributed by atoms with E-state index in [0.717, 1.165) is 11.8 Å². The summed E-state index contributed by atoms with van der Waals surface area (Å²) in [5.74, 6) is -1.98. The first-order chi connectivity index (χ1) is 11.9. The lowest BCUT2D eigenvalue weighted by Gasteiger charge is -2.10. The summed E-state index contributed by atoms with van der Waals surface area (Å²) >= 11 is 1.29. The Bertz CT molecular complexity index is 943. The van der Waals surface area contributed by atoms with Crippen molar-refractivity contribution in [2.45, 2.75) is 6.92 Å². The van der Waals surface area contributed by atoms with Crippen molar-refractivity contribution < 1.29 is 18.3 Å². The van der Waals surface area contributed by atoms with Crippen LogP contribution in [0.4, 0.5) is 19.6 Å². The first-order valence-corrected chi connectivity index (χ1v) is 8.06. The molecule has 3 N–H and O–H groups in total. The number of nitrogens with zero attached hydrogens (tertiary/aromatic N) is 1. The first kappa shape index (κ1) is 16.8. The zero-order valence-corrected chi connectivity index (χ0v) is 13.9. The highest BCUT2D eigenvalue weighted by Gasteiger charge is 2.14. The van der Waals surface area contributed by atoms with Gasteiger partial charge in [0.15, 0.2) is 16.7 Å². The number of amides is 1. The second kappa shape index (κ2) is 6.86. The Kier molecular flexibility index (Phi) is 4.62. The van der Waals surface area contributed by atoms with Crippen molar-refractivity contribution >= 4 is 28.1 Å². The van der Waals surface area contributed by atoms with E-state index < -0.39 is 17.5 Å². The van der Waals surface area contributed by atoms with Gasteiger partial charge < -0.3 is 10.5 Å². The molecule has 25 heavy (non-hydrogen) atoms. The Hall–Kier alpha value is -3.00. The molecule has 0 fully saturated rings. The predicted octanol–water partition coefficient (Wildman–Crippen LogP) is 4.36. The number of carbonyl (C=O) groups excluding carboxylic acids is 1. The number of nitrogens with two attached hydrogens (primary N) is 1. The number of thiazole rings is 1. The number of halogens is 2. The fourth-order valence-corrected chi connectivity index (χ4v) is 2.74. The lowest BCUT2D eigenvalue weighted by molar-refractivity contribution is 0.102. The minimum Gasteiger partial charge on any atom is -0.454 e. The zero-order chi connectivity index (χ0) is 18.0. The van der Waals surface area contributed by atoms with Crippen molar-refractivity contribution in [3.8, 4) is 11.5 Å². The van der Waals surface area contributed by atoms with Crippen LogP contribution in [0, 0.1) is 18.6 Å². The van der Waals surface area contributed by atoms with Crippen LogP contribution in [0.3, 0.4) is 0 Å². The van der Waals surface area contributed by atoms with E-state index in [1.807, 2.05) is 6.92 Å². The predicted molar refractivity (Wildman–Crippen MR) is 92.1 cm³/mol. The quantitative estimate of drug-likeness (QED) is 0.677. The van der Waals surface area contributed by atoms with E-state index in [1.165, 1.54) is 35.6 Å². The molecule has 8 heteroatoms. The van der Waals surface area contributed by atoms with Gasteiger partial charge in [-0.05, 0) is 37.3 Å². The number of aromatic nitrogens is 1. The highest BCUT2D eigenvalue weighted by Crippen LogP contribution is 2.28. The van der Waals surface area contributed by atoms with Crippen LogP contribution in [0.5, 0.6) is 11.5 Å².